The third-order valence-electron chi connectivity index (χ3n) is 6.73. The average molecular weight is 491 g/mol. The van der Waals surface area contributed by atoms with Crippen LogP contribution in [-0.4, -0.2) is 9.97 Å². The van der Waals surface area contributed by atoms with Crippen LogP contribution < -0.4 is 0 Å². The Morgan fingerprint density at radius 3 is 2.11 bits per heavy atom. The van der Waals surface area contributed by atoms with Crippen molar-refractivity contribution in [3.63, 3.8) is 0 Å². The molecule has 0 spiro atoms. The second-order valence-corrected chi connectivity index (χ2v) is 9.51. The van der Waals surface area contributed by atoms with E-state index < -0.39 is 11.6 Å². The van der Waals surface area contributed by atoms with Crippen molar-refractivity contribution in [3.8, 4) is 0 Å². The monoisotopic (exact) mass is 490 g/mol. The van der Waals surface area contributed by atoms with Gasteiger partial charge in [0.1, 0.15) is 11.6 Å². The Kier molecular flexibility index (Phi) is 9.10. The number of hydrogen-bond acceptors (Lipinski definition) is 2. The first-order chi connectivity index (χ1) is 17.5. The van der Waals surface area contributed by atoms with Crippen LogP contribution in [0.15, 0.2) is 60.9 Å². The summed E-state index contributed by atoms with van der Waals surface area (Å²) in [5, 5.41) is 1.42. The summed E-state index contributed by atoms with van der Waals surface area (Å²) in [6.07, 6.45) is 13.6. The molecule has 0 unspecified atom stereocenters. The van der Waals surface area contributed by atoms with Crippen molar-refractivity contribution in [1.29, 1.82) is 0 Å². The Balaban J connectivity index is 1.33. The van der Waals surface area contributed by atoms with Gasteiger partial charge in [-0.05, 0) is 71.9 Å². The van der Waals surface area contributed by atoms with Gasteiger partial charge in [0.25, 0.3) is 0 Å². The van der Waals surface area contributed by atoms with E-state index in [9.17, 15) is 8.78 Å². The van der Waals surface area contributed by atoms with Gasteiger partial charge in [-0.15, -0.1) is 0 Å². The standard InChI is InChI=1S/C31H33F3N2/c1-2-3-4-5-6-7-24-20-35-30(36-21-24)17-11-22-9-15-27-26(18-22)14-13-25(31(27)34)12-8-23-10-16-28(32)29(33)19-23/h9-10,13-16,18-21H,2-8,11-12,17H2,1H3. The SMILES string of the molecule is CCCCCCCc1cnc(CCc2ccc3c(F)c(CCc4ccc(F)c(F)c4)ccc3c2)nc1. The number of fused-ring (bicyclic) bond motifs is 1. The van der Waals surface area contributed by atoms with Gasteiger partial charge in [-0.25, -0.2) is 23.1 Å². The molecular weight excluding hydrogens is 457 g/mol. The molecule has 188 valence electrons. The minimum Gasteiger partial charge on any atom is -0.241 e. The topological polar surface area (TPSA) is 25.8 Å². The third-order valence-corrected chi connectivity index (χ3v) is 6.73. The lowest BCUT2D eigenvalue weighted by molar-refractivity contribution is 0.507. The maximum Gasteiger partial charge on any atom is 0.159 e. The van der Waals surface area contributed by atoms with Gasteiger partial charge in [0.2, 0.25) is 0 Å². The lowest BCUT2D eigenvalue weighted by atomic mass is 9.98. The zero-order valence-corrected chi connectivity index (χ0v) is 20.9. The molecule has 0 aliphatic heterocycles. The summed E-state index contributed by atoms with van der Waals surface area (Å²) >= 11 is 0. The van der Waals surface area contributed by atoms with Crippen molar-refractivity contribution in [2.75, 3.05) is 0 Å². The summed E-state index contributed by atoms with van der Waals surface area (Å²) in [6.45, 7) is 2.23. The first-order valence-corrected chi connectivity index (χ1v) is 13.0. The number of aryl methyl sites for hydroxylation is 5. The minimum atomic E-state index is -0.877. The number of hydrogen-bond donors (Lipinski definition) is 0. The molecule has 1 aromatic heterocycles. The first kappa shape index (κ1) is 25.9. The highest BCUT2D eigenvalue weighted by Gasteiger charge is 2.10. The fraction of sp³-hybridized carbons (Fsp3) is 0.355. The molecule has 36 heavy (non-hydrogen) atoms. The Morgan fingerprint density at radius 2 is 1.33 bits per heavy atom. The van der Waals surface area contributed by atoms with Crippen LogP contribution >= 0.6 is 0 Å². The van der Waals surface area contributed by atoms with Gasteiger partial charge >= 0.3 is 0 Å². The normalized spacial score (nSPS) is 11.3. The van der Waals surface area contributed by atoms with E-state index in [1.807, 2.05) is 36.7 Å². The highest BCUT2D eigenvalue weighted by Crippen LogP contribution is 2.24. The average Bonchev–Trinajstić information content (AvgIpc) is 2.89. The molecule has 4 aromatic rings. The van der Waals surface area contributed by atoms with Gasteiger partial charge in [-0.1, -0.05) is 69.0 Å². The summed E-state index contributed by atoms with van der Waals surface area (Å²) in [5.41, 5.74) is 3.52. The molecule has 3 aromatic carbocycles. The Labute approximate surface area is 211 Å². The smallest absolute Gasteiger partial charge is 0.159 e. The van der Waals surface area contributed by atoms with Crippen LogP contribution in [0.25, 0.3) is 10.8 Å². The fourth-order valence-corrected chi connectivity index (χ4v) is 4.54. The first-order valence-electron chi connectivity index (χ1n) is 13.0. The molecule has 1 heterocycles. The van der Waals surface area contributed by atoms with Crippen LogP contribution in [0.2, 0.25) is 0 Å². The number of aromatic nitrogens is 2. The maximum atomic E-state index is 15.1. The van der Waals surface area contributed by atoms with Crippen LogP contribution in [0.4, 0.5) is 13.2 Å². The number of rotatable bonds is 12. The number of nitrogens with zero attached hydrogens (tertiary/aromatic N) is 2. The lowest BCUT2D eigenvalue weighted by Gasteiger charge is -2.09. The molecule has 0 aliphatic rings. The van der Waals surface area contributed by atoms with Gasteiger partial charge in [0, 0.05) is 24.2 Å². The van der Waals surface area contributed by atoms with Crippen molar-refractivity contribution >= 4 is 10.8 Å². The summed E-state index contributed by atoms with van der Waals surface area (Å²) in [4.78, 5) is 9.07. The molecule has 0 fully saturated rings. The van der Waals surface area contributed by atoms with Gasteiger partial charge in [-0.2, -0.15) is 0 Å². The largest absolute Gasteiger partial charge is 0.241 e. The van der Waals surface area contributed by atoms with Crippen LogP contribution in [0.5, 0.6) is 0 Å². The van der Waals surface area contributed by atoms with Crippen molar-refractivity contribution < 1.29 is 13.2 Å². The number of unbranched alkanes of at least 4 members (excludes halogenated alkanes) is 4. The Morgan fingerprint density at radius 1 is 0.611 bits per heavy atom. The zero-order valence-electron chi connectivity index (χ0n) is 20.9. The Hall–Kier alpha value is -3.21. The van der Waals surface area contributed by atoms with Gasteiger partial charge in [0.15, 0.2) is 11.6 Å². The van der Waals surface area contributed by atoms with E-state index in [4.69, 9.17) is 0 Å². The van der Waals surface area contributed by atoms with Crippen LogP contribution in [0.1, 0.15) is 67.1 Å². The van der Waals surface area contributed by atoms with Gasteiger partial charge < -0.3 is 0 Å². The lowest BCUT2D eigenvalue weighted by Crippen LogP contribution is -2.00. The summed E-state index contributed by atoms with van der Waals surface area (Å²) < 4.78 is 41.7. The summed E-state index contributed by atoms with van der Waals surface area (Å²) in [7, 11) is 0. The summed E-state index contributed by atoms with van der Waals surface area (Å²) in [5.74, 6) is -1.18. The second-order valence-electron chi connectivity index (χ2n) is 9.51. The van der Waals surface area contributed by atoms with E-state index in [2.05, 4.69) is 16.9 Å². The van der Waals surface area contributed by atoms with E-state index in [-0.39, 0.29) is 5.82 Å². The zero-order chi connectivity index (χ0) is 25.3. The molecule has 2 nitrogen and oxygen atoms in total. The van der Waals surface area contributed by atoms with Crippen molar-refractivity contribution in [3.05, 3.63) is 106 Å². The third kappa shape index (κ3) is 6.93. The highest BCUT2D eigenvalue weighted by molar-refractivity contribution is 5.84. The molecule has 0 N–H and O–H groups in total. The Bertz CT molecular complexity index is 1290. The second kappa shape index (κ2) is 12.7. The van der Waals surface area contributed by atoms with Gasteiger partial charge in [-0.3, -0.25) is 0 Å². The van der Waals surface area contributed by atoms with E-state index in [0.717, 1.165) is 42.1 Å². The van der Waals surface area contributed by atoms with Crippen LogP contribution in [0.3, 0.4) is 0 Å². The van der Waals surface area contributed by atoms with Crippen molar-refractivity contribution in [1.82, 2.24) is 9.97 Å². The van der Waals surface area contributed by atoms with E-state index >= 15 is 4.39 Å². The van der Waals surface area contributed by atoms with E-state index in [0.29, 0.717) is 29.4 Å². The fourth-order valence-electron chi connectivity index (χ4n) is 4.54. The molecule has 0 aliphatic carbocycles. The van der Waals surface area contributed by atoms with Crippen molar-refractivity contribution in [2.45, 2.75) is 71.1 Å². The maximum absolute atomic E-state index is 15.1. The molecular formula is C31H33F3N2. The minimum absolute atomic E-state index is 0.254. The molecule has 4 rings (SSSR count). The predicted molar refractivity (Wildman–Crippen MR) is 140 cm³/mol. The predicted octanol–water partition coefficient (Wildman–Crippen LogP) is 8.13. The molecule has 0 bridgehead atoms. The quantitative estimate of drug-likeness (QED) is 0.187. The molecule has 0 saturated heterocycles. The van der Waals surface area contributed by atoms with Crippen LogP contribution in [0, 0.1) is 17.5 Å². The summed E-state index contributed by atoms with van der Waals surface area (Å²) in [6, 6.07) is 13.3. The van der Waals surface area contributed by atoms with Crippen molar-refractivity contribution in [2.24, 2.45) is 0 Å². The van der Waals surface area contributed by atoms with E-state index in [1.165, 1.54) is 49.8 Å². The highest BCUT2D eigenvalue weighted by atomic mass is 19.2. The molecule has 0 atom stereocenters. The molecule has 5 heteroatoms. The van der Waals surface area contributed by atoms with Crippen LogP contribution in [-0.2, 0) is 32.1 Å². The number of benzene rings is 3. The number of halogens is 3. The molecule has 0 amide bonds. The van der Waals surface area contributed by atoms with E-state index in [1.54, 1.807) is 6.07 Å². The molecule has 0 radical (unpaired) electrons. The molecule has 0 saturated carbocycles. The van der Waals surface area contributed by atoms with Gasteiger partial charge in [0.05, 0.1) is 0 Å².